The third-order valence-corrected chi connectivity index (χ3v) is 3.36. The molecule has 0 spiro atoms. The summed E-state index contributed by atoms with van der Waals surface area (Å²) in [4.78, 5) is 23.4. The number of rotatable bonds is 5. The van der Waals surface area contributed by atoms with E-state index >= 15 is 0 Å². The standard InChI is InChI=1S/C12H13N3O3S/c1-2-18-10(17)6-15-12(13)8(7-16)11(14-15)9-4-3-5-19-9/h3-5,7H,2,6,13H2,1H3. The predicted octanol–water partition coefficient (Wildman–Crippen LogP) is 1.57. The lowest BCUT2D eigenvalue weighted by Crippen LogP contribution is -2.16. The second-order valence-corrected chi connectivity index (χ2v) is 4.65. The van der Waals surface area contributed by atoms with Crippen molar-refractivity contribution in [2.24, 2.45) is 0 Å². The lowest BCUT2D eigenvalue weighted by molar-refractivity contribution is -0.143. The minimum absolute atomic E-state index is 0.105. The van der Waals surface area contributed by atoms with Gasteiger partial charge in [-0.1, -0.05) is 6.07 Å². The molecular weight excluding hydrogens is 266 g/mol. The summed E-state index contributed by atoms with van der Waals surface area (Å²) in [7, 11) is 0. The Balaban J connectivity index is 2.36. The lowest BCUT2D eigenvalue weighted by atomic mass is 10.2. The number of carbonyl (C=O) groups is 2. The predicted molar refractivity (Wildman–Crippen MR) is 72.0 cm³/mol. The van der Waals surface area contributed by atoms with Gasteiger partial charge in [0.05, 0.1) is 17.0 Å². The van der Waals surface area contributed by atoms with E-state index in [0.717, 1.165) is 4.88 Å². The van der Waals surface area contributed by atoms with Crippen LogP contribution in [0.2, 0.25) is 0 Å². The van der Waals surface area contributed by atoms with Gasteiger partial charge in [-0.25, -0.2) is 4.68 Å². The monoisotopic (exact) mass is 279 g/mol. The highest BCUT2D eigenvalue weighted by molar-refractivity contribution is 7.13. The van der Waals surface area contributed by atoms with E-state index in [2.05, 4.69) is 5.10 Å². The first-order valence-corrected chi connectivity index (χ1v) is 6.56. The zero-order valence-corrected chi connectivity index (χ0v) is 11.1. The minimum Gasteiger partial charge on any atom is -0.465 e. The van der Waals surface area contributed by atoms with Gasteiger partial charge in [0, 0.05) is 0 Å². The number of aldehydes is 1. The third-order valence-electron chi connectivity index (χ3n) is 2.49. The summed E-state index contributed by atoms with van der Waals surface area (Å²) in [6, 6.07) is 3.70. The van der Waals surface area contributed by atoms with Crippen molar-refractivity contribution in [2.45, 2.75) is 13.5 Å². The van der Waals surface area contributed by atoms with Crippen LogP contribution in [-0.4, -0.2) is 28.6 Å². The molecule has 0 saturated heterocycles. The second-order valence-electron chi connectivity index (χ2n) is 3.71. The molecule has 0 atom stereocenters. The average Bonchev–Trinajstić information content (AvgIpc) is 2.99. The molecule has 2 heterocycles. The fraction of sp³-hybridized carbons (Fsp3) is 0.250. The molecular formula is C12H13N3O3S. The summed E-state index contributed by atoms with van der Waals surface area (Å²) < 4.78 is 6.12. The van der Waals surface area contributed by atoms with E-state index in [9.17, 15) is 9.59 Å². The molecule has 0 saturated carbocycles. The molecule has 2 aromatic heterocycles. The fourth-order valence-corrected chi connectivity index (χ4v) is 2.37. The van der Waals surface area contributed by atoms with Crippen LogP contribution in [0, 0.1) is 0 Å². The molecule has 100 valence electrons. The molecule has 2 aromatic rings. The van der Waals surface area contributed by atoms with Gasteiger partial charge in [0.2, 0.25) is 0 Å². The first-order valence-electron chi connectivity index (χ1n) is 5.68. The van der Waals surface area contributed by atoms with E-state index in [1.807, 2.05) is 17.5 Å². The Bertz CT molecular complexity index is 590. The van der Waals surface area contributed by atoms with Gasteiger partial charge >= 0.3 is 5.97 Å². The topological polar surface area (TPSA) is 87.2 Å². The zero-order chi connectivity index (χ0) is 13.8. The molecule has 0 aliphatic carbocycles. The Morgan fingerprint density at radius 3 is 3.00 bits per heavy atom. The SMILES string of the molecule is CCOC(=O)Cn1nc(-c2cccs2)c(C=O)c1N. The van der Waals surface area contributed by atoms with E-state index in [-0.39, 0.29) is 12.4 Å². The van der Waals surface area contributed by atoms with Gasteiger partial charge in [-0.2, -0.15) is 5.10 Å². The summed E-state index contributed by atoms with van der Waals surface area (Å²) in [5, 5.41) is 6.09. The van der Waals surface area contributed by atoms with Gasteiger partial charge < -0.3 is 10.5 Å². The van der Waals surface area contributed by atoms with Crippen molar-refractivity contribution in [2.75, 3.05) is 12.3 Å². The zero-order valence-electron chi connectivity index (χ0n) is 10.3. The van der Waals surface area contributed by atoms with E-state index < -0.39 is 5.97 Å². The molecule has 6 nitrogen and oxygen atoms in total. The van der Waals surface area contributed by atoms with Crippen molar-refractivity contribution in [3.63, 3.8) is 0 Å². The number of nitrogen functional groups attached to an aromatic ring is 1. The molecule has 0 fully saturated rings. The Kier molecular flexibility index (Phi) is 3.96. The van der Waals surface area contributed by atoms with Crippen LogP contribution in [0.5, 0.6) is 0 Å². The number of thiophene rings is 1. The highest BCUT2D eigenvalue weighted by Crippen LogP contribution is 2.29. The summed E-state index contributed by atoms with van der Waals surface area (Å²) >= 11 is 1.45. The van der Waals surface area contributed by atoms with E-state index in [4.69, 9.17) is 10.5 Å². The van der Waals surface area contributed by atoms with Crippen LogP contribution in [0.1, 0.15) is 17.3 Å². The normalized spacial score (nSPS) is 10.4. The molecule has 0 radical (unpaired) electrons. The van der Waals surface area contributed by atoms with Crippen LogP contribution in [0.25, 0.3) is 10.6 Å². The maximum Gasteiger partial charge on any atom is 0.327 e. The smallest absolute Gasteiger partial charge is 0.327 e. The molecule has 7 heteroatoms. The fourth-order valence-electron chi connectivity index (χ4n) is 1.65. The van der Waals surface area contributed by atoms with Crippen molar-refractivity contribution in [1.29, 1.82) is 0 Å². The van der Waals surface area contributed by atoms with Crippen LogP contribution < -0.4 is 5.73 Å². The highest BCUT2D eigenvalue weighted by Gasteiger charge is 2.19. The molecule has 19 heavy (non-hydrogen) atoms. The number of ether oxygens (including phenoxy) is 1. The molecule has 0 aliphatic rings. The van der Waals surface area contributed by atoms with Crippen molar-refractivity contribution < 1.29 is 14.3 Å². The van der Waals surface area contributed by atoms with E-state index in [0.29, 0.717) is 24.2 Å². The highest BCUT2D eigenvalue weighted by atomic mass is 32.1. The van der Waals surface area contributed by atoms with Gasteiger partial charge in [-0.05, 0) is 18.4 Å². The molecule has 0 bridgehead atoms. The summed E-state index contributed by atoms with van der Waals surface area (Å²) in [5.41, 5.74) is 6.62. The van der Waals surface area contributed by atoms with Crippen molar-refractivity contribution in [3.8, 4) is 10.6 Å². The Labute approximate surface area is 113 Å². The first kappa shape index (κ1) is 13.3. The number of aromatic nitrogens is 2. The number of anilines is 1. The Morgan fingerprint density at radius 1 is 1.63 bits per heavy atom. The van der Waals surface area contributed by atoms with Gasteiger partial charge in [0.25, 0.3) is 0 Å². The number of carbonyl (C=O) groups excluding carboxylic acids is 2. The molecule has 0 aromatic carbocycles. The lowest BCUT2D eigenvalue weighted by Gasteiger charge is -2.03. The molecule has 0 unspecified atom stereocenters. The van der Waals surface area contributed by atoms with Crippen LogP contribution in [0.3, 0.4) is 0 Å². The maximum absolute atomic E-state index is 11.4. The average molecular weight is 279 g/mol. The van der Waals surface area contributed by atoms with Crippen LogP contribution in [-0.2, 0) is 16.1 Å². The third kappa shape index (κ3) is 2.65. The van der Waals surface area contributed by atoms with Crippen LogP contribution in [0.4, 0.5) is 5.82 Å². The maximum atomic E-state index is 11.4. The van der Waals surface area contributed by atoms with Gasteiger partial charge in [-0.15, -0.1) is 11.3 Å². The summed E-state index contributed by atoms with van der Waals surface area (Å²) in [6.45, 7) is 1.91. The largest absolute Gasteiger partial charge is 0.465 e. The van der Waals surface area contributed by atoms with Gasteiger partial charge in [-0.3, -0.25) is 9.59 Å². The van der Waals surface area contributed by atoms with Crippen molar-refractivity contribution >= 4 is 29.4 Å². The first-order chi connectivity index (χ1) is 9.17. The number of hydrogen-bond donors (Lipinski definition) is 1. The molecule has 0 aliphatic heterocycles. The Hall–Kier alpha value is -2.15. The molecule has 0 amide bonds. The van der Waals surface area contributed by atoms with Gasteiger partial charge in [0.1, 0.15) is 18.1 Å². The molecule has 2 N–H and O–H groups in total. The summed E-state index contributed by atoms with van der Waals surface area (Å²) in [5.74, 6) is -0.265. The summed E-state index contributed by atoms with van der Waals surface area (Å²) in [6.07, 6.45) is 0.652. The van der Waals surface area contributed by atoms with Crippen LogP contribution >= 0.6 is 11.3 Å². The number of nitrogens with zero attached hydrogens (tertiary/aromatic N) is 2. The van der Waals surface area contributed by atoms with Gasteiger partial charge in [0.15, 0.2) is 6.29 Å². The number of esters is 1. The molecule has 2 rings (SSSR count). The number of hydrogen-bond acceptors (Lipinski definition) is 6. The quantitative estimate of drug-likeness (QED) is 0.663. The van der Waals surface area contributed by atoms with Crippen molar-refractivity contribution in [1.82, 2.24) is 9.78 Å². The minimum atomic E-state index is -0.438. The second kappa shape index (κ2) is 5.66. The van der Waals surface area contributed by atoms with Crippen molar-refractivity contribution in [3.05, 3.63) is 23.1 Å². The van der Waals surface area contributed by atoms with E-state index in [1.165, 1.54) is 16.0 Å². The van der Waals surface area contributed by atoms with Crippen LogP contribution in [0.15, 0.2) is 17.5 Å². The number of nitrogens with two attached hydrogens (primary N) is 1. The van der Waals surface area contributed by atoms with E-state index in [1.54, 1.807) is 6.92 Å². The Morgan fingerprint density at radius 2 is 2.42 bits per heavy atom.